The third kappa shape index (κ3) is 7.24. The van der Waals surface area contributed by atoms with Gasteiger partial charge in [-0.3, -0.25) is 0 Å². The zero-order valence-corrected chi connectivity index (χ0v) is 24.2. The largest absolute Gasteiger partial charge is 0.416 e. The summed E-state index contributed by atoms with van der Waals surface area (Å²) in [7, 11) is -3.91. The molecule has 184 valence electrons. The molecule has 0 amide bonds. The summed E-state index contributed by atoms with van der Waals surface area (Å²) in [6.45, 7) is 23.8. The monoisotopic (exact) mass is 480 g/mol. The molecule has 32 heavy (non-hydrogen) atoms. The summed E-state index contributed by atoms with van der Waals surface area (Å²) in [5.41, 5.74) is 1.16. The molecular formula is C26H48O4Si2. The molecule has 1 aromatic rings. The van der Waals surface area contributed by atoms with E-state index in [0.29, 0.717) is 19.6 Å². The van der Waals surface area contributed by atoms with Crippen molar-refractivity contribution in [1.29, 1.82) is 0 Å². The normalized spacial score (nSPS) is 25.7. The van der Waals surface area contributed by atoms with Gasteiger partial charge in [0.15, 0.2) is 16.6 Å². The third-order valence-electron chi connectivity index (χ3n) is 7.99. The zero-order valence-electron chi connectivity index (χ0n) is 22.2. The lowest BCUT2D eigenvalue weighted by atomic mass is 9.83. The highest BCUT2D eigenvalue weighted by Gasteiger charge is 2.46. The molecule has 0 bridgehead atoms. The first-order chi connectivity index (χ1) is 14.5. The molecule has 6 heteroatoms. The first kappa shape index (κ1) is 27.7. The van der Waals surface area contributed by atoms with Crippen LogP contribution in [0.1, 0.15) is 59.9 Å². The SMILES string of the molecule is CC(C)(C)[Si](C)(C)OC[C@@H]1C(O[Si](C)(C)C(C)(C)C)CC(OCc2ccccc2)C[C@@H]1O. The molecule has 0 saturated heterocycles. The molecule has 1 aliphatic carbocycles. The maximum absolute atomic E-state index is 11.2. The van der Waals surface area contributed by atoms with Crippen LogP contribution in [0.2, 0.25) is 36.3 Å². The van der Waals surface area contributed by atoms with Crippen LogP contribution in [-0.4, -0.2) is 46.7 Å². The van der Waals surface area contributed by atoms with Gasteiger partial charge >= 0.3 is 0 Å². The van der Waals surface area contributed by atoms with E-state index in [1.807, 2.05) is 18.2 Å². The zero-order chi connectivity index (χ0) is 24.4. The molecule has 4 atom stereocenters. The van der Waals surface area contributed by atoms with Gasteiger partial charge in [-0.2, -0.15) is 0 Å². The number of hydrogen-bond donors (Lipinski definition) is 1. The van der Waals surface area contributed by atoms with Gasteiger partial charge < -0.3 is 18.7 Å². The molecule has 1 saturated carbocycles. The van der Waals surface area contributed by atoms with Gasteiger partial charge in [-0.1, -0.05) is 71.9 Å². The summed E-state index contributed by atoms with van der Waals surface area (Å²) in [6.07, 6.45) is 0.899. The van der Waals surface area contributed by atoms with E-state index in [9.17, 15) is 5.11 Å². The second kappa shape index (κ2) is 10.4. The van der Waals surface area contributed by atoms with Crippen LogP contribution in [0.15, 0.2) is 30.3 Å². The molecule has 2 unspecified atom stereocenters. The van der Waals surface area contributed by atoms with E-state index in [-0.39, 0.29) is 28.2 Å². The fourth-order valence-electron chi connectivity index (χ4n) is 3.58. The van der Waals surface area contributed by atoms with Crippen molar-refractivity contribution in [2.24, 2.45) is 5.92 Å². The van der Waals surface area contributed by atoms with Gasteiger partial charge in [0.2, 0.25) is 0 Å². The predicted octanol–water partition coefficient (Wildman–Crippen LogP) is 6.75. The van der Waals surface area contributed by atoms with Gasteiger partial charge in [-0.05, 0) is 48.2 Å². The van der Waals surface area contributed by atoms with Gasteiger partial charge in [0, 0.05) is 18.9 Å². The Bertz CT molecular complexity index is 707. The van der Waals surface area contributed by atoms with Crippen LogP contribution in [0.3, 0.4) is 0 Å². The number of aliphatic hydroxyl groups excluding tert-OH is 1. The number of rotatable bonds is 8. The minimum atomic E-state index is -2.00. The molecule has 0 heterocycles. The smallest absolute Gasteiger partial charge is 0.192 e. The van der Waals surface area contributed by atoms with Crippen molar-refractivity contribution in [3.05, 3.63) is 35.9 Å². The Hall–Kier alpha value is -0.506. The van der Waals surface area contributed by atoms with Crippen molar-refractivity contribution in [2.75, 3.05) is 6.61 Å². The molecule has 0 aliphatic heterocycles. The van der Waals surface area contributed by atoms with Gasteiger partial charge in [0.1, 0.15) is 0 Å². The van der Waals surface area contributed by atoms with E-state index < -0.39 is 22.7 Å². The molecule has 4 nitrogen and oxygen atoms in total. The van der Waals surface area contributed by atoms with Crippen molar-refractivity contribution in [3.63, 3.8) is 0 Å². The van der Waals surface area contributed by atoms with Gasteiger partial charge in [0.25, 0.3) is 0 Å². The van der Waals surface area contributed by atoms with Crippen molar-refractivity contribution in [2.45, 2.75) is 116 Å². The molecule has 0 aromatic heterocycles. The Morgan fingerprint density at radius 1 is 0.875 bits per heavy atom. The van der Waals surface area contributed by atoms with E-state index in [2.05, 4.69) is 79.9 Å². The van der Waals surface area contributed by atoms with Crippen LogP contribution in [0.5, 0.6) is 0 Å². The number of ether oxygens (including phenoxy) is 1. The molecule has 2 rings (SSSR count). The average molecular weight is 481 g/mol. The van der Waals surface area contributed by atoms with E-state index in [0.717, 1.165) is 12.0 Å². The van der Waals surface area contributed by atoms with Gasteiger partial charge in [0.05, 0.1) is 24.9 Å². The summed E-state index contributed by atoms with van der Waals surface area (Å²) in [6, 6.07) is 10.2. The first-order valence-corrected chi connectivity index (χ1v) is 18.0. The maximum Gasteiger partial charge on any atom is 0.192 e. The number of aliphatic hydroxyl groups is 1. The Kier molecular flexibility index (Phi) is 9.02. The van der Waals surface area contributed by atoms with E-state index in [4.69, 9.17) is 13.6 Å². The van der Waals surface area contributed by atoms with Gasteiger partial charge in [-0.25, -0.2) is 0 Å². The Balaban J connectivity index is 2.16. The molecule has 0 spiro atoms. The summed E-state index contributed by atoms with van der Waals surface area (Å²) < 4.78 is 19.7. The van der Waals surface area contributed by atoms with Crippen LogP contribution in [-0.2, 0) is 20.2 Å². The molecular weight excluding hydrogens is 432 g/mol. The first-order valence-electron chi connectivity index (χ1n) is 12.2. The second-order valence-corrected chi connectivity index (χ2v) is 22.2. The average Bonchev–Trinajstić information content (AvgIpc) is 2.64. The van der Waals surface area contributed by atoms with E-state index in [1.165, 1.54) is 0 Å². The lowest BCUT2D eigenvalue weighted by molar-refractivity contribution is -0.104. The molecule has 1 aromatic carbocycles. The van der Waals surface area contributed by atoms with Crippen LogP contribution in [0.25, 0.3) is 0 Å². The number of benzene rings is 1. The summed E-state index contributed by atoms with van der Waals surface area (Å²) >= 11 is 0. The lowest BCUT2D eigenvalue weighted by Crippen LogP contribution is -2.54. The van der Waals surface area contributed by atoms with Crippen molar-refractivity contribution in [1.82, 2.24) is 0 Å². The minimum Gasteiger partial charge on any atom is -0.416 e. The summed E-state index contributed by atoms with van der Waals surface area (Å²) in [4.78, 5) is 0. The molecule has 1 aliphatic rings. The molecule has 0 radical (unpaired) electrons. The summed E-state index contributed by atoms with van der Waals surface area (Å²) in [5, 5.41) is 11.5. The van der Waals surface area contributed by atoms with Gasteiger partial charge in [-0.15, -0.1) is 0 Å². The third-order valence-corrected chi connectivity index (χ3v) is 17.0. The minimum absolute atomic E-state index is 0.0101. The van der Waals surface area contributed by atoms with Crippen LogP contribution in [0, 0.1) is 5.92 Å². The van der Waals surface area contributed by atoms with Crippen LogP contribution < -0.4 is 0 Å². The van der Waals surface area contributed by atoms with Crippen molar-refractivity contribution in [3.8, 4) is 0 Å². The van der Waals surface area contributed by atoms with Crippen LogP contribution in [0.4, 0.5) is 0 Å². The highest BCUT2D eigenvalue weighted by atomic mass is 28.4. The standard InChI is InChI=1S/C26H48O4Si2/c1-25(2,3)31(7,8)29-19-22-23(27)16-21(28-18-20-14-12-11-13-15-20)17-24(22)30-32(9,10)26(4,5)6/h11-15,21-24,27H,16-19H2,1-10H3/t21?,22-,23-,24?/m0/s1. The quantitative estimate of drug-likeness (QED) is 0.418. The lowest BCUT2D eigenvalue weighted by Gasteiger charge is -2.47. The number of hydrogen-bond acceptors (Lipinski definition) is 4. The van der Waals surface area contributed by atoms with E-state index >= 15 is 0 Å². The topological polar surface area (TPSA) is 47.9 Å². The Morgan fingerprint density at radius 3 is 1.97 bits per heavy atom. The Morgan fingerprint density at radius 2 is 1.44 bits per heavy atom. The fourth-order valence-corrected chi connectivity index (χ4v) is 6.00. The Labute approximate surface area is 199 Å². The van der Waals surface area contributed by atoms with E-state index in [1.54, 1.807) is 0 Å². The van der Waals surface area contributed by atoms with Crippen LogP contribution >= 0.6 is 0 Å². The fraction of sp³-hybridized carbons (Fsp3) is 0.769. The molecule has 1 fully saturated rings. The highest BCUT2D eigenvalue weighted by Crippen LogP contribution is 2.42. The maximum atomic E-state index is 11.2. The van der Waals surface area contributed by atoms with Crippen molar-refractivity contribution < 1.29 is 18.7 Å². The summed E-state index contributed by atoms with van der Waals surface area (Å²) in [5.74, 6) is -0.0187. The highest BCUT2D eigenvalue weighted by molar-refractivity contribution is 6.74. The van der Waals surface area contributed by atoms with Crippen molar-refractivity contribution >= 4 is 16.6 Å². The second-order valence-electron chi connectivity index (χ2n) is 12.6. The molecule has 1 N–H and O–H groups in total. The predicted molar refractivity (Wildman–Crippen MR) is 139 cm³/mol.